The quantitative estimate of drug-likeness (QED) is 0.798. The van der Waals surface area contributed by atoms with Gasteiger partial charge in [0.05, 0.1) is 6.10 Å². The lowest BCUT2D eigenvalue weighted by molar-refractivity contribution is 0.0664. The Morgan fingerprint density at radius 2 is 2.26 bits per heavy atom. The van der Waals surface area contributed by atoms with Crippen LogP contribution in [0.25, 0.3) is 0 Å². The van der Waals surface area contributed by atoms with E-state index in [0.717, 1.165) is 43.9 Å². The van der Waals surface area contributed by atoms with Gasteiger partial charge in [-0.15, -0.1) is 0 Å². The molecule has 5 heteroatoms. The standard InChI is InChI=1S/C14H22ClN3O/c1-4-11-8-18(6-5-7-19-11)14-12(10(2)3)13(15)16-9-17-14/h9-11H,4-8H2,1-3H3. The van der Waals surface area contributed by atoms with E-state index in [1.165, 1.54) is 0 Å². The van der Waals surface area contributed by atoms with Crippen LogP contribution in [0.1, 0.15) is 45.1 Å². The van der Waals surface area contributed by atoms with Crippen molar-refractivity contribution < 1.29 is 4.74 Å². The number of aromatic nitrogens is 2. The second-order valence-electron chi connectivity index (χ2n) is 5.26. The molecule has 0 aliphatic carbocycles. The molecule has 0 radical (unpaired) electrons. The summed E-state index contributed by atoms with van der Waals surface area (Å²) in [6.45, 7) is 9.07. The van der Waals surface area contributed by atoms with E-state index in [0.29, 0.717) is 11.1 Å². The molecule has 1 fully saturated rings. The topological polar surface area (TPSA) is 38.2 Å². The summed E-state index contributed by atoms with van der Waals surface area (Å²) in [5.41, 5.74) is 1.04. The van der Waals surface area contributed by atoms with Gasteiger partial charge in [-0.1, -0.05) is 32.4 Å². The summed E-state index contributed by atoms with van der Waals surface area (Å²) in [6.07, 6.45) is 3.87. The maximum atomic E-state index is 6.25. The number of anilines is 1. The van der Waals surface area contributed by atoms with E-state index in [1.54, 1.807) is 6.33 Å². The number of ether oxygens (including phenoxy) is 1. The molecule has 0 aromatic carbocycles. The Hall–Kier alpha value is -0.870. The fourth-order valence-corrected chi connectivity index (χ4v) is 2.79. The van der Waals surface area contributed by atoms with E-state index in [-0.39, 0.29) is 6.10 Å². The zero-order valence-corrected chi connectivity index (χ0v) is 12.7. The van der Waals surface area contributed by atoms with Gasteiger partial charge in [0.25, 0.3) is 0 Å². The Labute approximate surface area is 120 Å². The molecule has 0 amide bonds. The fourth-order valence-electron chi connectivity index (χ4n) is 2.45. The third-order valence-electron chi connectivity index (χ3n) is 3.50. The largest absolute Gasteiger partial charge is 0.376 e. The first kappa shape index (κ1) is 14.5. The number of hydrogen-bond acceptors (Lipinski definition) is 4. The molecule has 0 bridgehead atoms. The highest BCUT2D eigenvalue weighted by molar-refractivity contribution is 6.30. The third kappa shape index (κ3) is 3.37. The minimum atomic E-state index is 0.274. The summed E-state index contributed by atoms with van der Waals surface area (Å²) >= 11 is 6.25. The summed E-state index contributed by atoms with van der Waals surface area (Å²) in [4.78, 5) is 10.9. The highest BCUT2D eigenvalue weighted by Crippen LogP contribution is 2.31. The van der Waals surface area contributed by atoms with E-state index in [2.05, 4.69) is 35.6 Å². The lowest BCUT2D eigenvalue weighted by atomic mass is 10.1. The van der Waals surface area contributed by atoms with Crippen molar-refractivity contribution in [3.8, 4) is 0 Å². The molecule has 1 unspecified atom stereocenters. The summed E-state index contributed by atoms with van der Waals surface area (Å²) < 4.78 is 5.82. The van der Waals surface area contributed by atoms with Gasteiger partial charge < -0.3 is 9.64 Å². The second kappa shape index (κ2) is 6.53. The van der Waals surface area contributed by atoms with Crippen LogP contribution in [0, 0.1) is 0 Å². The van der Waals surface area contributed by atoms with Crippen molar-refractivity contribution in [2.75, 3.05) is 24.6 Å². The van der Waals surface area contributed by atoms with Gasteiger partial charge in [-0.05, 0) is 18.8 Å². The minimum absolute atomic E-state index is 0.274. The van der Waals surface area contributed by atoms with Crippen LogP contribution in [0.15, 0.2) is 6.33 Å². The molecule has 1 aromatic rings. The molecule has 0 spiro atoms. The summed E-state index contributed by atoms with van der Waals surface area (Å²) in [5, 5.41) is 0.568. The van der Waals surface area contributed by atoms with Crippen LogP contribution in [0.5, 0.6) is 0 Å². The van der Waals surface area contributed by atoms with Gasteiger partial charge >= 0.3 is 0 Å². The van der Waals surface area contributed by atoms with Gasteiger partial charge in [-0.25, -0.2) is 9.97 Å². The molecule has 106 valence electrons. The van der Waals surface area contributed by atoms with Crippen LogP contribution in [-0.2, 0) is 4.74 Å². The van der Waals surface area contributed by atoms with Crippen LogP contribution >= 0.6 is 11.6 Å². The first-order valence-corrected chi connectivity index (χ1v) is 7.38. The van der Waals surface area contributed by atoms with Crippen molar-refractivity contribution in [2.45, 2.75) is 45.6 Å². The van der Waals surface area contributed by atoms with Gasteiger partial charge in [0, 0.05) is 25.3 Å². The lowest BCUT2D eigenvalue weighted by Crippen LogP contribution is -2.33. The first-order valence-electron chi connectivity index (χ1n) is 7.00. The predicted molar refractivity (Wildman–Crippen MR) is 78.0 cm³/mol. The number of hydrogen-bond donors (Lipinski definition) is 0. The predicted octanol–water partition coefficient (Wildman–Crippen LogP) is 3.26. The SMILES string of the molecule is CCC1CN(c2ncnc(Cl)c2C(C)C)CCCO1. The van der Waals surface area contributed by atoms with Gasteiger partial charge in [-0.3, -0.25) is 0 Å². The van der Waals surface area contributed by atoms with Gasteiger partial charge in [0.2, 0.25) is 0 Å². The zero-order valence-electron chi connectivity index (χ0n) is 11.9. The maximum absolute atomic E-state index is 6.25. The van der Waals surface area contributed by atoms with E-state index < -0.39 is 0 Å². The average Bonchev–Trinajstić information content (AvgIpc) is 2.63. The molecule has 1 aliphatic heterocycles. The van der Waals surface area contributed by atoms with Crippen LogP contribution in [0.4, 0.5) is 5.82 Å². The molecule has 0 saturated carbocycles. The molecule has 2 rings (SSSR count). The second-order valence-corrected chi connectivity index (χ2v) is 5.62. The summed E-state index contributed by atoms with van der Waals surface area (Å²) in [7, 11) is 0. The third-order valence-corrected chi connectivity index (χ3v) is 3.80. The molecule has 0 N–H and O–H groups in total. The summed E-state index contributed by atoms with van der Waals surface area (Å²) in [6, 6.07) is 0. The zero-order chi connectivity index (χ0) is 13.8. The van der Waals surface area contributed by atoms with Gasteiger partial charge in [-0.2, -0.15) is 0 Å². The Bertz CT molecular complexity index is 425. The van der Waals surface area contributed by atoms with Crippen LogP contribution < -0.4 is 4.90 Å². The van der Waals surface area contributed by atoms with E-state index >= 15 is 0 Å². The highest BCUT2D eigenvalue weighted by Gasteiger charge is 2.23. The van der Waals surface area contributed by atoms with E-state index in [1.807, 2.05) is 0 Å². The average molecular weight is 284 g/mol. The van der Waals surface area contributed by atoms with E-state index in [9.17, 15) is 0 Å². The lowest BCUT2D eigenvalue weighted by Gasteiger charge is -2.27. The molecular formula is C14H22ClN3O. The number of rotatable bonds is 3. The van der Waals surface area contributed by atoms with Crippen molar-refractivity contribution in [1.82, 2.24) is 9.97 Å². The van der Waals surface area contributed by atoms with Crippen LogP contribution in [0.3, 0.4) is 0 Å². The first-order chi connectivity index (χ1) is 9.13. The number of nitrogens with zero attached hydrogens (tertiary/aromatic N) is 3. The Morgan fingerprint density at radius 1 is 1.47 bits per heavy atom. The van der Waals surface area contributed by atoms with Gasteiger partial charge in [0.1, 0.15) is 17.3 Å². The molecule has 1 saturated heterocycles. The molecule has 4 nitrogen and oxygen atoms in total. The van der Waals surface area contributed by atoms with Crippen LogP contribution in [0.2, 0.25) is 5.15 Å². The fraction of sp³-hybridized carbons (Fsp3) is 0.714. The molecule has 1 aliphatic rings. The van der Waals surface area contributed by atoms with E-state index in [4.69, 9.17) is 16.3 Å². The molecule has 1 aromatic heterocycles. The Balaban J connectivity index is 2.31. The van der Waals surface area contributed by atoms with Crippen molar-refractivity contribution in [1.29, 1.82) is 0 Å². The maximum Gasteiger partial charge on any atom is 0.138 e. The minimum Gasteiger partial charge on any atom is -0.376 e. The van der Waals surface area contributed by atoms with Crippen molar-refractivity contribution >= 4 is 17.4 Å². The molecule has 19 heavy (non-hydrogen) atoms. The Kier molecular flexibility index (Phi) is 4.99. The highest BCUT2D eigenvalue weighted by atomic mass is 35.5. The molecular weight excluding hydrogens is 262 g/mol. The molecule has 1 atom stereocenters. The molecule has 2 heterocycles. The monoisotopic (exact) mass is 283 g/mol. The van der Waals surface area contributed by atoms with Crippen molar-refractivity contribution in [2.24, 2.45) is 0 Å². The van der Waals surface area contributed by atoms with Crippen molar-refractivity contribution in [3.63, 3.8) is 0 Å². The smallest absolute Gasteiger partial charge is 0.138 e. The van der Waals surface area contributed by atoms with Gasteiger partial charge in [0.15, 0.2) is 0 Å². The van der Waals surface area contributed by atoms with Crippen LogP contribution in [-0.4, -0.2) is 35.8 Å². The Morgan fingerprint density at radius 3 is 2.95 bits per heavy atom. The summed E-state index contributed by atoms with van der Waals surface area (Å²) in [5.74, 6) is 1.28. The normalized spacial score (nSPS) is 20.7. The van der Waals surface area contributed by atoms with Crippen molar-refractivity contribution in [3.05, 3.63) is 17.0 Å². The number of halogens is 1.